The highest BCUT2D eigenvalue weighted by Crippen LogP contribution is 2.36. The van der Waals surface area contributed by atoms with E-state index in [0.717, 1.165) is 23.1 Å². The van der Waals surface area contributed by atoms with Crippen molar-refractivity contribution < 1.29 is 27.5 Å². The Morgan fingerprint density at radius 1 is 1.03 bits per heavy atom. The number of aryl methyl sites for hydroxylation is 2. The maximum atomic E-state index is 13.7. The predicted molar refractivity (Wildman–Crippen MR) is 142 cm³/mol. The van der Waals surface area contributed by atoms with Gasteiger partial charge in [-0.25, -0.2) is 8.42 Å². The van der Waals surface area contributed by atoms with E-state index in [9.17, 15) is 18.0 Å². The van der Waals surface area contributed by atoms with E-state index in [1.165, 1.54) is 11.4 Å². The van der Waals surface area contributed by atoms with Crippen molar-refractivity contribution in [1.29, 1.82) is 0 Å². The first kappa shape index (κ1) is 26.2. The number of nitrogens with one attached hydrogen (secondary N) is 1. The van der Waals surface area contributed by atoms with Crippen molar-refractivity contribution in [3.05, 3.63) is 82.9 Å². The standard InChI is InChI=1S/C28H30N2O6S/c1-4-36-27(31)17-20-8-12-23(13-9-20)29-28(32)22-11-10-21-6-5-15-30(24(21)18-22)37(33,34)26-16-19(2)7-14-25(26)35-3/h7-14,16,18H,4-6,15,17H2,1-3H3,(H,29,32). The van der Waals surface area contributed by atoms with Crippen LogP contribution in [0.25, 0.3) is 0 Å². The molecule has 0 radical (unpaired) electrons. The number of benzene rings is 3. The summed E-state index contributed by atoms with van der Waals surface area (Å²) in [6, 6.07) is 17.1. The van der Waals surface area contributed by atoms with Gasteiger partial charge in [0.25, 0.3) is 15.9 Å². The van der Waals surface area contributed by atoms with E-state index in [1.807, 2.05) is 13.0 Å². The fraction of sp³-hybridized carbons (Fsp3) is 0.286. The van der Waals surface area contributed by atoms with Gasteiger partial charge in [0.05, 0.1) is 25.8 Å². The third-order valence-electron chi connectivity index (χ3n) is 6.18. The van der Waals surface area contributed by atoms with E-state index < -0.39 is 10.0 Å². The molecule has 0 aliphatic carbocycles. The molecule has 0 saturated heterocycles. The van der Waals surface area contributed by atoms with Crippen molar-refractivity contribution in [3.8, 4) is 5.75 Å². The Morgan fingerprint density at radius 2 is 1.78 bits per heavy atom. The van der Waals surface area contributed by atoms with Gasteiger partial charge in [-0.2, -0.15) is 0 Å². The summed E-state index contributed by atoms with van der Waals surface area (Å²) in [6.07, 6.45) is 1.54. The maximum Gasteiger partial charge on any atom is 0.310 e. The molecule has 0 fully saturated rings. The highest BCUT2D eigenvalue weighted by Gasteiger charge is 2.32. The lowest BCUT2D eigenvalue weighted by Crippen LogP contribution is -2.36. The molecule has 194 valence electrons. The van der Waals surface area contributed by atoms with Crippen LogP contribution in [0.4, 0.5) is 11.4 Å². The Labute approximate surface area is 217 Å². The molecular formula is C28H30N2O6S. The lowest BCUT2D eigenvalue weighted by molar-refractivity contribution is -0.142. The fourth-order valence-electron chi connectivity index (χ4n) is 4.32. The van der Waals surface area contributed by atoms with Crippen LogP contribution < -0.4 is 14.4 Å². The van der Waals surface area contributed by atoms with Crippen molar-refractivity contribution in [1.82, 2.24) is 0 Å². The molecule has 4 rings (SSSR count). The number of hydrogen-bond donors (Lipinski definition) is 1. The first-order valence-electron chi connectivity index (χ1n) is 12.1. The molecule has 0 unspecified atom stereocenters. The molecule has 3 aromatic rings. The molecule has 9 heteroatoms. The van der Waals surface area contributed by atoms with E-state index in [0.29, 0.717) is 36.5 Å². The average Bonchev–Trinajstić information content (AvgIpc) is 2.89. The highest BCUT2D eigenvalue weighted by molar-refractivity contribution is 7.93. The average molecular weight is 523 g/mol. The minimum atomic E-state index is -3.92. The van der Waals surface area contributed by atoms with E-state index in [1.54, 1.807) is 61.5 Å². The molecule has 37 heavy (non-hydrogen) atoms. The molecule has 0 bridgehead atoms. The van der Waals surface area contributed by atoms with Gasteiger partial charge in [-0.15, -0.1) is 0 Å². The van der Waals surface area contributed by atoms with Crippen LogP contribution in [0.2, 0.25) is 0 Å². The van der Waals surface area contributed by atoms with E-state index >= 15 is 0 Å². The van der Waals surface area contributed by atoms with Gasteiger partial charge in [-0.3, -0.25) is 13.9 Å². The molecule has 1 N–H and O–H groups in total. The van der Waals surface area contributed by atoms with Crippen LogP contribution in [-0.4, -0.2) is 40.6 Å². The Kier molecular flexibility index (Phi) is 7.83. The van der Waals surface area contributed by atoms with Gasteiger partial charge in [-0.1, -0.05) is 24.3 Å². The smallest absolute Gasteiger partial charge is 0.310 e. The largest absolute Gasteiger partial charge is 0.495 e. The zero-order chi connectivity index (χ0) is 26.6. The monoisotopic (exact) mass is 522 g/mol. The van der Waals surface area contributed by atoms with E-state index in [4.69, 9.17) is 9.47 Å². The topological polar surface area (TPSA) is 102 Å². The van der Waals surface area contributed by atoms with Crippen LogP contribution in [0.3, 0.4) is 0 Å². The summed E-state index contributed by atoms with van der Waals surface area (Å²) in [7, 11) is -2.48. The lowest BCUT2D eigenvalue weighted by atomic mass is 10.0. The van der Waals surface area contributed by atoms with Gasteiger partial charge >= 0.3 is 5.97 Å². The summed E-state index contributed by atoms with van der Waals surface area (Å²) in [5.74, 6) is -0.397. The van der Waals surface area contributed by atoms with Crippen molar-refractivity contribution in [3.63, 3.8) is 0 Å². The van der Waals surface area contributed by atoms with Crippen LogP contribution in [0, 0.1) is 6.92 Å². The summed E-state index contributed by atoms with van der Waals surface area (Å²) in [6.45, 7) is 4.21. The van der Waals surface area contributed by atoms with E-state index in [2.05, 4.69) is 5.32 Å². The molecule has 0 spiro atoms. The predicted octanol–water partition coefficient (Wildman–Crippen LogP) is 4.50. The minimum Gasteiger partial charge on any atom is -0.495 e. The number of carbonyl (C=O) groups is 2. The van der Waals surface area contributed by atoms with Gasteiger partial charge in [0.2, 0.25) is 0 Å². The quantitative estimate of drug-likeness (QED) is 0.437. The molecule has 1 aliphatic heterocycles. The van der Waals surface area contributed by atoms with Crippen molar-refractivity contribution >= 4 is 33.3 Å². The number of amides is 1. The second-order valence-electron chi connectivity index (χ2n) is 8.81. The zero-order valence-electron chi connectivity index (χ0n) is 21.1. The van der Waals surface area contributed by atoms with Gasteiger partial charge < -0.3 is 14.8 Å². The van der Waals surface area contributed by atoms with Crippen LogP contribution in [-0.2, 0) is 32.4 Å². The lowest BCUT2D eigenvalue weighted by Gasteiger charge is -2.31. The maximum absolute atomic E-state index is 13.7. The van der Waals surface area contributed by atoms with Crippen LogP contribution in [0.5, 0.6) is 5.75 Å². The SMILES string of the molecule is CCOC(=O)Cc1ccc(NC(=O)c2ccc3c(c2)N(S(=O)(=O)c2cc(C)ccc2OC)CCC3)cc1. The van der Waals surface area contributed by atoms with Gasteiger partial charge in [0.15, 0.2) is 0 Å². The first-order chi connectivity index (χ1) is 17.7. The number of nitrogens with zero attached hydrogens (tertiary/aromatic N) is 1. The fourth-order valence-corrected chi connectivity index (χ4v) is 6.10. The Balaban J connectivity index is 1.58. The van der Waals surface area contributed by atoms with Crippen molar-refractivity contribution in [2.75, 3.05) is 29.9 Å². The summed E-state index contributed by atoms with van der Waals surface area (Å²) in [5.41, 5.74) is 3.83. The van der Waals surface area contributed by atoms with Crippen LogP contribution in [0.1, 0.15) is 40.4 Å². The van der Waals surface area contributed by atoms with Crippen molar-refractivity contribution in [2.24, 2.45) is 0 Å². The molecule has 0 atom stereocenters. The first-order valence-corrected chi connectivity index (χ1v) is 13.5. The molecule has 3 aromatic carbocycles. The van der Waals surface area contributed by atoms with Gasteiger partial charge in [0, 0.05) is 17.8 Å². The summed E-state index contributed by atoms with van der Waals surface area (Å²) < 4.78 is 39.1. The zero-order valence-corrected chi connectivity index (χ0v) is 21.9. The highest BCUT2D eigenvalue weighted by atomic mass is 32.2. The number of rotatable bonds is 8. The number of methoxy groups -OCH3 is 1. The molecule has 0 saturated carbocycles. The van der Waals surface area contributed by atoms with Crippen LogP contribution >= 0.6 is 0 Å². The number of anilines is 2. The summed E-state index contributed by atoms with van der Waals surface area (Å²) in [5, 5.41) is 2.84. The second kappa shape index (κ2) is 11.0. The molecular weight excluding hydrogens is 492 g/mol. The van der Waals surface area contributed by atoms with Gasteiger partial charge in [-0.05, 0) is 79.8 Å². The Hall–Kier alpha value is -3.85. The number of hydrogen-bond acceptors (Lipinski definition) is 6. The van der Waals surface area contributed by atoms with Gasteiger partial charge in [0.1, 0.15) is 10.6 Å². The second-order valence-corrected chi connectivity index (χ2v) is 10.6. The van der Waals surface area contributed by atoms with Crippen molar-refractivity contribution in [2.45, 2.75) is 38.0 Å². The molecule has 1 aliphatic rings. The Bertz CT molecular complexity index is 1420. The normalized spacial score (nSPS) is 13.0. The summed E-state index contributed by atoms with van der Waals surface area (Å²) >= 11 is 0. The van der Waals surface area contributed by atoms with Crippen LogP contribution in [0.15, 0.2) is 65.6 Å². The third-order valence-corrected chi connectivity index (χ3v) is 8.01. The molecule has 8 nitrogen and oxygen atoms in total. The Morgan fingerprint density at radius 3 is 2.49 bits per heavy atom. The molecule has 1 heterocycles. The number of ether oxygens (including phenoxy) is 2. The number of sulfonamides is 1. The molecule has 1 amide bonds. The number of carbonyl (C=O) groups excluding carboxylic acids is 2. The molecule has 0 aromatic heterocycles. The minimum absolute atomic E-state index is 0.0978. The number of fused-ring (bicyclic) bond motifs is 1. The number of esters is 1. The third kappa shape index (κ3) is 5.77. The van der Waals surface area contributed by atoms with E-state index in [-0.39, 0.29) is 28.9 Å². The summed E-state index contributed by atoms with van der Waals surface area (Å²) in [4.78, 5) is 24.8.